The van der Waals surface area contributed by atoms with Crippen LogP contribution in [0.1, 0.15) is 0 Å². The van der Waals surface area contributed by atoms with Gasteiger partial charge in [0.2, 0.25) is 0 Å². The molecule has 5 rings (SSSR count). The number of hydrogen-bond acceptors (Lipinski definition) is 6. The summed E-state index contributed by atoms with van der Waals surface area (Å²) in [6.45, 7) is 1.01. The fourth-order valence-corrected chi connectivity index (χ4v) is 3.17. The number of pyridine rings is 1. The third-order valence-electron chi connectivity index (χ3n) is 4.40. The normalized spacial score (nSPS) is 13.0. The Morgan fingerprint density at radius 2 is 1.89 bits per heavy atom. The molecule has 3 N–H and O–H groups in total. The minimum Gasteiger partial charge on any atom is -0.486 e. The number of ether oxygens (including phenoxy) is 2. The highest BCUT2D eigenvalue weighted by molar-refractivity contribution is 5.85. The minimum absolute atomic E-state index is 0.265. The molecule has 27 heavy (non-hydrogen) atoms. The van der Waals surface area contributed by atoms with Crippen LogP contribution < -0.4 is 20.8 Å². The van der Waals surface area contributed by atoms with Crippen molar-refractivity contribution in [1.29, 1.82) is 0 Å². The summed E-state index contributed by atoms with van der Waals surface area (Å²) in [6.07, 6.45) is 1.67. The van der Waals surface area contributed by atoms with Crippen molar-refractivity contribution >= 4 is 11.5 Å². The number of nitrogens with one attached hydrogen (secondary N) is 1. The van der Waals surface area contributed by atoms with Crippen molar-refractivity contribution in [3.63, 3.8) is 0 Å². The van der Waals surface area contributed by atoms with Crippen LogP contribution in [0.2, 0.25) is 0 Å². The van der Waals surface area contributed by atoms with Crippen LogP contribution in [0.15, 0.2) is 53.5 Å². The molecule has 0 atom stereocenters. The number of H-pyrrole nitrogens is 1. The summed E-state index contributed by atoms with van der Waals surface area (Å²) in [6, 6.07) is 12.4. The number of fused-ring (bicyclic) bond motifs is 2. The molecule has 0 bridgehead atoms. The van der Waals surface area contributed by atoms with Crippen LogP contribution in [-0.2, 0) is 0 Å². The van der Waals surface area contributed by atoms with Gasteiger partial charge in [-0.2, -0.15) is 4.52 Å². The lowest BCUT2D eigenvalue weighted by Gasteiger charge is -2.18. The van der Waals surface area contributed by atoms with Crippen LogP contribution in [0.3, 0.4) is 0 Å². The highest BCUT2D eigenvalue weighted by Gasteiger charge is 2.18. The number of anilines is 1. The lowest BCUT2D eigenvalue weighted by atomic mass is 10.1. The fraction of sp³-hybridized carbons (Fsp3) is 0.105. The van der Waals surface area contributed by atoms with Gasteiger partial charge in [-0.3, -0.25) is 14.9 Å². The Kier molecular flexibility index (Phi) is 3.36. The monoisotopic (exact) mass is 361 g/mol. The van der Waals surface area contributed by atoms with Crippen LogP contribution in [0, 0.1) is 0 Å². The van der Waals surface area contributed by atoms with E-state index < -0.39 is 0 Å². The van der Waals surface area contributed by atoms with Gasteiger partial charge in [-0.05, 0) is 30.3 Å². The smallest absolute Gasteiger partial charge is 0.273 e. The molecule has 8 heteroatoms. The van der Waals surface area contributed by atoms with Gasteiger partial charge >= 0.3 is 0 Å². The predicted octanol–water partition coefficient (Wildman–Crippen LogP) is 2.10. The van der Waals surface area contributed by atoms with E-state index in [1.807, 2.05) is 36.4 Å². The predicted molar refractivity (Wildman–Crippen MR) is 99.9 cm³/mol. The zero-order valence-electron chi connectivity index (χ0n) is 14.2. The van der Waals surface area contributed by atoms with Crippen molar-refractivity contribution in [2.75, 3.05) is 18.9 Å². The minimum atomic E-state index is -0.265. The number of nitrogens with zero attached hydrogens (tertiary/aromatic N) is 3. The quantitative estimate of drug-likeness (QED) is 0.566. The molecule has 1 aliphatic rings. The third kappa shape index (κ3) is 2.50. The molecule has 0 saturated heterocycles. The standard InChI is InChI=1S/C19H15N5O3/c20-18-17(12-3-1-2-6-21-12)19-22-13(10-16(25)24(19)23-18)11-4-5-14-15(9-11)27-8-7-26-14/h1-6,9-10,23H,7-8,20H2. The number of hydrogen-bond donors (Lipinski definition) is 2. The van der Waals surface area contributed by atoms with Gasteiger partial charge < -0.3 is 15.2 Å². The number of benzene rings is 1. The van der Waals surface area contributed by atoms with Crippen molar-refractivity contribution in [2.24, 2.45) is 0 Å². The SMILES string of the molecule is Nc1[nH]n2c(=O)cc(-c3ccc4c(c3)OCCO4)nc2c1-c1ccccn1. The zero-order chi connectivity index (χ0) is 18.4. The Bertz CT molecular complexity index is 1210. The van der Waals surface area contributed by atoms with Crippen molar-refractivity contribution in [3.05, 3.63) is 59.0 Å². The van der Waals surface area contributed by atoms with E-state index >= 15 is 0 Å². The molecule has 1 aliphatic heterocycles. The zero-order valence-corrected chi connectivity index (χ0v) is 14.2. The summed E-state index contributed by atoms with van der Waals surface area (Å²) in [5.41, 5.74) is 8.76. The molecule has 1 aromatic carbocycles. The Balaban J connectivity index is 1.72. The molecule has 4 heterocycles. The van der Waals surface area contributed by atoms with Gasteiger partial charge in [0.05, 0.1) is 17.0 Å². The van der Waals surface area contributed by atoms with Crippen LogP contribution in [0.5, 0.6) is 11.5 Å². The van der Waals surface area contributed by atoms with Gasteiger partial charge in [-0.25, -0.2) is 4.98 Å². The summed E-state index contributed by atoms with van der Waals surface area (Å²) in [4.78, 5) is 21.6. The molecule has 0 spiro atoms. The maximum Gasteiger partial charge on any atom is 0.273 e. The molecule has 4 aromatic rings. The number of nitrogens with two attached hydrogens (primary N) is 1. The second kappa shape index (κ2) is 5.87. The van der Waals surface area contributed by atoms with Gasteiger partial charge in [-0.1, -0.05) is 6.07 Å². The second-order valence-electron chi connectivity index (χ2n) is 6.11. The molecule has 3 aromatic heterocycles. The van der Waals surface area contributed by atoms with E-state index in [0.29, 0.717) is 53.1 Å². The first-order chi connectivity index (χ1) is 13.2. The maximum atomic E-state index is 12.6. The summed E-state index contributed by atoms with van der Waals surface area (Å²) in [7, 11) is 0. The van der Waals surface area contributed by atoms with Crippen molar-refractivity contribution in [2.45, 2.75) is 0 Å². The summed E-state index contributed by atoms with van der Waals surface area (Å²) in [5.74, 6) is 1.65. The number of nitrogen functional groups attached to an aromatic ring is 1. The highest BCUT2D eigenvalue weighted by atomic mass is 16.6. The average molecular weight is 361 g/mol. The summed E-state index contributed by atoms with van der Waals surface area (Å²) in [5, 5.41) is 2.86. The number of aromatic amines is 1. The molecule has 0 aliphatic carbocycles. The lowest BCUT2D eigenvalue weighted by Crippen LogP contribution is -2.16. The Labute approximate surface area is 153 Å². The first-order valence-electron chi connectivity index (χ1n) is 8.43. The molecule has 0 amide bonds. The number of aromatic nitrogens is 4. The van der Waals surface area contributed by atoms with E-state index in [-0.39, 0.29) is 5.56 Å². The van der Waals surface area contributed by atoms with Crippen LogP contribution in [0.4, 0.5) is 5.82 Å². The van der Waals surface area contributed by atoms with Gasteiger partial charge in [0.25, 0.3) is 5.56 Å². The van der Waals surface area contributed by atoms with Gasteiger partial charge in [-0.15, -0.1) is 0 Å². The Morgan fingerprint density at radius 3 is 2.70 bits per heavy atom. The van der Waals surface area contributed by atoms with E-state index in [1.54, 1.807) is 6.20 Å². The van der Waals surface area contributed by atoms with Crippen molar-refractivity contribution in [3.8, 4) is 34.0 Å². The van der Waals surface area contributed by atoms with E-state index in [4.69, 9.17) is 15.2 Å². The fourth-order valence-electron chi connectivity index (χ4n) is 3.17. The van der Waals surface area contributed by atoms with Crippen LogP contribution in [0.25, 0.3) is 28.2 Å². The van der Waals surface area contributed by atoms with Gasteiger partial charge in [0.1, 0.15) is 19.0 Å². The Morgan fingerprint density at radius 1 is 1.04 bits per heavy atom. The van der Waals surface area contributed by atoms with Crippen LogP contribution >= 0.6 is 0 Å². The van der Waals surface area contributed by atoms with Crippen LogP contribution in [-0.4, -0.2) is 32.8 Å². The first kappa shape index (κ1) is 15.4. The highest BCUT2D eigenvalue weighted by Crippen LogP contribution is 2.34. The van der Waals surface area contributed by atoms with Crippen molar-refractivity contribution < 1.29 is 9.47 Å². The summed E-state index contributed by atoms with van der Waals surface area (Å²) >= 11 is 0. The molecule has 134 valence electrons. The average Bonchev–Trinajstić information content (AvgIpc) is 3.05. The van der Waals surface area contributed by atoms with Crippen molar-refractivity contribution in [1.82, 2.24) is 19.6 Å². The molecular formula is C19H15N5O3. The molecular weight excluding hydrogens is 346 g/mol. The van der Waals surface area contributed by atoms with E-state index in [9.17, 15) is 4.79 Å². The second-order valence-corrected chi connectivity index (χ2v) is 6.11. The molecule has 0 saturated carbocycles. The van der Waals surface area contributed by atoms with Gasteiger partial charge in [0, 0.05) is 17.8 Å². The largest absolute Gasteiger partial charge is 0.486 e. The molecule has 0 unspecified atom stereocenters. The third-order valence-corrected chi connectivity index (χ3v) is 4.40. The molecule has 8 nitrogen and oxygen atoms in total. The van der Waals surface area contributed by atoms with E-state index in [0.717, 1.165) is 5.56 Å². The van der Waals surface area contributed by atoms with Gasteiger partial charge in [0.15, 0.2) is 17.1 Å². The van der Waals surface area contributed by atoms with E-state index in [1.165, 1.54) is 10.6 Å². The number of rotatable bonds is 2. The van der Waals surface area contributed by atoms with E-state index in [2.05, 4.69) is 15.1 Å². The maximum absolute atomic E-state index is 12.6. The topological polar surface area (TPSA) is 108 Å². The first-order valence-corrected chi connectivity index (χ1v) is 8.43. The molecule has 0 radical (unpaired) electrons. The summed E-state index contributed by atoms with van der Waals surface area (Å²) < 4.78 is 12.5. The Hall–Kier alpha value is -3.81. The molecule has 0 fully saturated rings. The lowest BCUT2D eigenvalue weighted by molar-refractivity contribution is 0.171.